The molecule has 1 aliphatic carbocycles. The molecule has 1 fully saturated rings. The van der Waals surface area contributed by atoms with Crippen molar-refractivity contribution in [1.29, 1.82) is 0 Å². The number of pyridine rings is 1. The van der Waals surface area contributed by atoms with Crippen LogP contribution in [-0.2, 0) is 0 Å². The molecule has 0 unspecified atom stereocenters. The molecular weight excluding hydrogens is 232 g/mol. The van der Waals surface area contributed by atoms with E-state index < -0.39 is 0 Å². The Balaban J connectivity index is 1.89. The number of carbonyl (C=O) groups excluding carboxylic acids is 1. The van der Waals surface area contributed by atoms with Crippen LogP contribution in [0.2, 0.25) is 0 Å². The van der Waals surface area contributed by atoms with Gasteiger partial charge in [0, 0.05) is 17.5 Å². The predicted octanol–water partition coefficient (Wildman–Crippen LogP) is 1.41. The Morgan fingerprint density at radius 3 is 3.00 bits per heavy atom. The van der Waals surface area contributed by atoms with Crippen LogP contribution in [0.15, 0.2) is 29.0 Å². The van der Waals surface area contributed by atoms with Gasteiger partial charge in [-0.05, 0) is 31.4 Å². The average molecular weight is 244 g/mol. The normalized spacial score (nSPS) is 15.1. The van der Waals surface area contributed by atoms with Gasteiger partial charge >= 0.3 is 0 Å². The molecule has 0 saturated heterocycles. The van der Waals surface area contributed by atoms with E-state index in [9.17, 15) is 4.79 Å². The maximum atomic E-state index is 12.1. The molecule has 2 aromatic rings. The molecule has 1 aliphatic rings. The highest BCUT2D eigenvalue weighted by Crippen LogP contribution is 2.22. The van der Waals surface area contributed by atoms with E-state index in [0.717, 1.165) is 12.8 Å². The van der Waals surface area contributed by atoms with E-state index in [1.54, 1.807) is 18.3 Å². The van der Waals surface area contributed by atoms with Gasteiger partial charge in [0.2, 0.25) is 5.76 Å². The summed E-state index contributed by atoms with van der Waals surface area (Å²) in [5.74, 6) is 0.272. The molecule has 2 heterocycles. The Kier molecular flexibility index (Phi) is 2.76. The van der Waals surface area contributed by atoms with Crippen LogP contribution < -0.4 is 5.32 Å². The largest absolute Gasteiger partial charge is 0.349 e. The number of nitrogens with zero attached hydrogens (tertiary/aromatic N) is 3. The number of aromatic nitrogens is 3. The molecule has 3 rings (SSSR count). The molecule has 18 heavy (non-hydrogen) atoms. The van der Waals surface area contributed by atoms with E-state index in [-0.39, 0.29) is 5.91 Å². The smallest absolute Gasteiger partial charge is 0.253 e. The van der Waals surface area contributed by atoms with Gasteiger partial charge in [0.1, 0.15) is 11.9 Å². The summed E-state index contributed by atoms with van der Waals surface area (Å²) in [6.45, 7) is 0. The first kappa shape index (κ1) is 10.9. The van der Waals surface area contributed by atoms with Gasteiger partial charge in [0.05, 0.1) is 5.56 Å². The minimum absolute atomic E-state index is 0.126. The monoisotopic (exact) mass is 244 g/mol. The zero-order valence-corrected chi connectivity index (χ0v) is 9.67. The quantitative estimate of drug-likeness (QED) is 0.882. The fraction of sp³-hybridized carbons (Fsp3) is 0.333. The van der Waals surface area contributed by atoms with Gasteiger partial charge in [0.15, 0.2) is 0 Å². The second-order valence-corrected chi connectivity index (χ2v) is 4.28. The molecule has 0 aromatic carbocycles. The van der Waals surface area contributed by atoms with Crippen LogP contribution in [0.3, 0.4) is 0 Å². The summed E-state index contributed by atoms with van der Waals surface area (Å²) in [5.41, 5.74) is 0.960. The van der Waals surface area contributed by atoms with Crippen molar-refractivity contribution >= 4 is 5.91 Å². The minimum atomic E-state index is -0.126. The first-order valence-electron chi connectivity index (χ1n) is 5.88. The number of amides is 1. The predicted molar refractivity (Wildman–Crippen MR) is 62.6 cm³/mol. The van der Waals surface area contributed by atoms with Crippen molar-refractivity contribution in [1.82, 2.24) is 20.7 Å². The van der Waals surface area contributed by atoms with Gasteiger partial charge < -0.3 is 9.84 Å². The van der Waals surface area contributed by atoms with Crippen LogP contribution in [0.25, 0.3) is 11.5 Å². The summed E-state index contributed by atoms with van der Waals surface area (Å²) in [4.78, 5) is 16.3. The van der Waals surface area contributed by atoms with E-state index in [1.165, 1.54) is 12.6 Å². The molecule has 6 nitrogen and oxygen atoms in total. The van der Waals surface area contributed by atoms with Crippen molar-refractivity contribution < 1.29 is 9.32 Å². The molecule has 0 atom stereocenters. The first-order chi connectivity index (χ1) is 8.84. The van der Waals surface area contributed by atoms with Gasteiger partial charge in [-0.15, -0.1) is 5.10 Å². The fourth-order valence-electron chi connectivity index (χ4n) is 1.87. The standard InChI is InChI=1S/C12H12N4O2/c17-12(15-8-3-1-4-8)9-5-2-6-13-11(9)10-7-14-16-18-10/h2,5-8H,1,3-4H2,(H,15,17). The van der Waals surface area contributed by atoms with E-state index in [1.807, 2.05) is 0 Å². The highest BCUT2D eigenvalue weighted by molar-refractivity contribution is 5.99. The number of nitrogens with one attached hydrogen (secondary N) is 1. The summed E-state index contributed by atoms with van der Waals surface area (Å²) in [7, 11) is 0. The highest BCUT2D eigenvalue weighted by atomic mass is 16.5. The second-order valence-electron chi connectivity index (χ2n) is 4.28. The molecule has 1 saturated carbocycles. The Morgan fingerprint density at radius 1 is 1.44 bits per heavy atom. The van der Waals surface area contributed by atoms with Crippen molar-refractivity contribution in [3.63, 3.8) is 0 Å². The Hall–Kier alpha value is -2.24. The summed E-state index contributed by atoms with van der Waals surface area (Å²) in [5, 5.41) is 9.96. The minimum Gasteiger partial charge on any atom is -0.349 e. The van der Waals surface area contributed by atoms with Crippen molar-refractivity contribution in [3.05, 3.63) is 30.1 Å². The number of hydrogen-bond donors (Lipinski definition) is 1. The molecule has 2 aromatic heterocycles. The number of hydrogen-bond acceptors (Lipinski definition) is 5. The van der Waals surface area contributed by atoms with Crippen LogP contribution >= 0.6 is 0 Å². The van der Waals surface area contributed by atoms with E-state index in [0.29, 0.717) is 23.1 Å². The van der Waals surface area contributed by atoms with Crippen LogP contribution in [0.1, 0.15) is 29.6 Å². The van der Waals surface area contributed by atoms with Gasteiger partial charge in [-0.2, -0.15) is 0 Å². The van der Waals surface area contributed by atoms with Crippen molar-refractivity contribution in [3.8, 4) is 11.5 Å². The Bertz CT molecular complexity index is 549. The maximum Gasteiger partial charge on any atom is 0.253 e. The zero-order valence-electron chi connectivity index (χ0n) is 9.67. The van der Waals surface area contributed by atoms with E-state index in [4.69, 9.17) is 4.52 Å². The molecular formula is C12H12N4O2. The molecule has 0 bridgehead atoms. The Labute approximate surface area is 103 Å². The number of rotatable bonds is 3. The van der Waals surface area contributed by atoms with Crippen LogP contribution in [0, 0.1) is 0 Å². The average Bonchev–Trinajstić information content (AvgIpc) is 2.87. The highest BCUT2D eigenvalue weighted by Gasteiger charge is 2.23. The summed E-state index contributed by atoms with van der Waals surface area (Å²) < 4.78 is 4.95. The molecule has 0 spiro atoms. The topological polar surface area (TPSA) is 80.9 Å². The van der Waals surface area contributed by atoms with Crippen LogP contribution in [-0.4, -0.2) is 27.3 Å². The summed E-state index contributed by atoms with van der Waals surface area (Å²) in [6.07, 6.45) is 6.33. The molecule has 6 heteroatoms. The lowest BCUT2D eigenvalue weighted by Gasteiger charge is -2.26. The number of carbonyl (C=O) groups is 1. The molecule has 1 amide bonds. The van der Waals surface area contributed by atoms with Crippen LogP contribution in [0.5, 0.6) is 0 Å². The molecule has 1 N–H and O–H groups in total. The van der Waals surface area contributed by atoms with E-state index >= 15 is 0 Å². The van der Waals surface area contributed by atoms with Gasteiger partial charge in [-0.1, -0.05) is 0 Å². The third-order valence-corrected chi connectivity index (χ3v) is 3.09. The maximum absolute atomic E-state index is 12.1. The lowest BCUT2D eigenvalue weighted by molar-refractivity contribution is 0.0917. The molecule has 92 valence electrons. The fourth-order valence-corrected chi connectivity index (χ4v) is 1.87. The third kappa shape index (κ3) is 1.97. The van der Waals surface area contributed by atoms with Gasteiger partial charge in [0.25, 0.3) is 5.91 Å². The summed E-state index contributed by atoms with van der Waals surface area (Å²) >= 11 is 0. The van der Waals surface area contributed by atoms with Crippen molar-refractivity contribution in [2.75, 3.05) is 0 Å². The zero-order chi connectivity index (χ0) is 12.4. The lowest BCUT2D eigenvalue weighted by atomic mass is 9.93. The summed E-state index contributed by atoms with van der Waals surface area (Å²) in [6, 6.07) is 3.74. The molecule has 0 aliphatic heterocycles. The van der Waals surface area contributed by atoms with Crippen LogP contribution in [0.4, 0.5) is 0 Å². The van der Waals surface area contributed by atoms with E-state index in [2.05, 4.69) is 20.7 Å². The van der Waals surface area contributed by atoms with Crippen molar-refractivity contribution in [2.24, 2.45) is 0 Å². The van der Waals surface area contributed by atoms with Crippen molar-refractivity contribution in [2.45, 2.75) is 25.3 Å². The Morgan fingerprint density at radius 2 is 2.33 bits per heavy atom. The lowest BCUT2D eigenvalue weighted by Crippen LogP contribution is -2.39. The third-order valence-electron chi connectivity index (χ3n) is 3.09. The van der Waals surface area contributed by atoms with Gasteiger partial charge in [-0.3, -0.25) is 9.78 Å². The molecule has 0 radical (unpaired) electrons. The first-order valence-corrected chi connectivity index (χ1v) is 5.88. The van der Waals surface area contributed by atoms with Gasteiger partial charge in [-0.25, -0.2) is 0 Å². The SMILES string of the molecule is O=C(NC1CCC1)c1cccnc1-c1cnno1. The second kappa shape index (κ2) is 4.56.